The molecule has 3 aromatic rings. The number of amides is 1. The van der Waals surface area contributed by atoms with Crippen molar-refractivity contribution in [2.24, 2.45) is 0 Å². The maximum atomic E-state index is 12.4. The Bertz CT molecular complexity index is 966. The van der Waals surface area contributed by atoms with Crippen molar-refractivity contribution in [2.75, 3.05) is 21.3 Å². The first-order valence-electron chi connectivity index (χ1n) is 9.34. The van der Waals surface area contributed by atoms with E-state index in [-0.39, 0.29) is 5.91 Å². The number of carbonyl (C=O) groups is 1. The Labute approximate surface area is 170 Å². The standard InChI is InChI=1S/C22H25N3O4/c1-15-5-7-16(8-6-15)14-25(2)21(26)12-11-20-23-22(24-29-20)17-9-10-18(27-3)19(13-17)28-4/h5-10,13H,11-12,14H2,1-4H3. The van der Waals surface area contributed by atoms with E-state index in [0.717, 1.165) is 11.1 Å². The zero-order chi connectivity index (χ0) is 20.8. The van der Waals surface area contributed by atoms with Gasteiger partial charge in [0.2, 0.25) is 17.6 Å². The van der Waals surface area contributed by atoms with Crippen LogP contribution in [-0.4, -0.2) is 42.2 Å². The summed E-state index contributed by atoms with van der Waals surface area (Å²) in [7, 11) is 4.95. The van der Waals surface area contributed by atoms with Crippen LogP contribution in [0.4, 0.5) is 0 Å². The third-order valence-electron chi connectivity index (χ3n) is 4.63. The lowest BCUT2D eigenvalue weighted by molar-refractivity contribution is -0.130. The molecular weight excluding hydrogens is 370 g/mol. The third-order valence-corrected chi connectivity index (χ3v) is 4.63. The molecule has 0 saturated carbocycles. The van der Waals surface area contributed by atoms with Crippen LogP contribution in [0.3, 0.4) is 0 Å². The fraction of sp³-hybridized carbons (Fsp3) is 0.318. The van der Waals surface area contributed by atoms with Crippen LogP contribution < -0.4 is 9.47 Å². The second-order valence-corrected chi connectivity index (χ2v) is 6.82. The molecule has 0 radical (unpaired) electrons. The molecule has 152 valence electrons. The van der Waals surface area contributed by atoms with Gasteiger partial charge in [-0.15, -0.1) is 0 Å². The molecule has 0 aliphatic rings. The van der Waals surface area contributed by atoms with E-state index < -0.39 is 0 Å². The van der Waals surface area contributed by atoms with Gasteiger partial charge in [0.25, 0.3) is 0 Å². The highest BCUT2D eigenvalue weighted by molar-refractivity contribution is 5.76. The van der Waals surface area contributed by atoms with E-state index in [9.17, 15) is 4.79 Å². The van der Waals surface area contributed by atoms with Gasteiger partial charge in [0, 0.05) is 32.0 Å². The average Bonchev–Trinajstić information content (AvgIpc) is 3.22. The summed E-state index contributed by atoms with van der Waals surface area (Å²) >= 11 is 0. The number of carbonyl (C=O) groups excluding carboxylic acids is 1. The van der Waals surface area contributed by atoms with Crippen LogP contribution in [0.1, 0.15) is 23.4 Å². The van der Waals surface area contributed by atoms with Crippen LogP contribution in [0.2, 0.25) is 0 Å². The molecule has 3 rings (SSSR count). The number of rotatable bonds is 8. The molecule has 0 spiro atoms. The molecule has 1 heterocycles. The van der Waals surface area contributed by atoms with E-state index in [2.05, 4.69) is 10.1 Å². The molecule has 0 aliphatic heterocycles. The van der Waals surface area contributed by atoms with E-state index in [4.69, 9.17) is 14.0 Å². The molecule has 1 amide bonds. The molecule has 0 saturated heterocycles. The second kappa shape index (κ2) is 9.23. The predicted molar refractivity (Wildman–Crippen MR) is 109 cm³/mol. The van der Waals surface area contributed by atoms with Crippen molar-refractivity contribution in [3.8, 4) is 22.9 Å². The summed E-state index contributed by atoms with van der Waals surface area (Å²) in [6.07, 6.45) is 0.688. The normalized spacial score (nSPS) is 10.6. The predicted octanol–water partition coefficient (Wildman–Crippen LogP) is 3.65. The molecule has 29 heavy (non-hydrogen) atoms. The van der Waals surface area contributed by atoms with Crippen LogP contribution in [0.15, 0.2) is 47.0 Å². The number of aryl methyl sites for hydroxylation is 2. The summed E-state index contributed by atoms with van der Waals surface area (Å²) < 4.78 is 15.8. The first-order chi connectivity index (χ1) is 14.0. The molecule has 7 nitrogen and oxygen atoms in total. The Morgan fingerprint density at radius 2 is 1.79 bits per heavy atom. The lowest BCUT2D eigenvalue weighted by Gasteiger charge is -2.17. The van der Waals surface area contributed by atoms with Gasteiger partial charge in [0.05, 0.1) is 14.2 Å². The maximum absolute atomic E-state index is 12.4. The van der Waals surface area contributed by atoms with E-state index in [0.29, 0.717) is 42.6 Å². The minimum Gasteiger partial charge on any atom is -0.493 e. The van der Waals surface area contributed by atoms with Gasteiger partial charge in [-0.3, -0.25) is 4.79 Å². The Kier molecular flexibility index (Phi) is 6.49. The average molecular weight is 395 g/mol. The van der Waals surface area contributed by atoms with Crippen molar-refractivity contribution in [1.29, 1.82) is 0 Å². The van der Waals surface area contributed by atoms with Gasteiger partial charge >= 0.3 is 0 Å². The van der Waals surface area contributed by atoms with Crippen molar-refractivity contribution in [3.05, 3.63) is 59.5 Å². The first kappa shape index (κ1) is 20.4. The fourth-order valence-electron chi connectivity index (χ4n) is 2.91. The first-order valence-corrected chi connectivity index (χ1v) is 9.34. The van der Waals surface area contributed by atoms with Crippen LogP contribution in [-0.2, 0) is 17.8 Å². The monoisotopic (exact) mass is 395 g/mol. The lowest BCUT2D eigenvalue weighted by atomic mass is 10.1. The number of hydrogen-bond donors (Lipinski definition) is 0. The fourth-order valence-corrected chi connectivity index (χ4v) is 2.91. The number of ether oxygens (including phenoxy) is 2. The summed E-state index contributed by atoms with van der Waals surface area (Å²) in [5.41, 5.74) is 3.05. The quantitative estimate of drug-likeness (QED) is 0.579. The molecular formula is C22H25N3O4. The van der Waals surface area contributed by atoms with Crippen molar-refractivity contribution in [3.63, 3.8) is 0 Å². The van der Waals surface area contributed by atoms with E-state index in [1.165, 1.54) is 5.56 Å². The largest absolute Gasteiger partial charge is 0.493 e. The summed E-state index contributed by atoms with van der Waals surface area (Å²) in [6, 6.07) is 13.6. The van der Waals surface area contributed by atoms with Crippen LogP contribution >= 0.6 is 0 Å². The van der Waals surface area contributed by atoms with Gasteiger partial charge in [-0.1, -0.05) is 35.0 Å². The Morgan fingerprint density at radius 1 is 1.07 bits per heavy atom. The van der Waals surface area contributed by atoms with E-state index in [1.54, 1.807) is 38.3 Å². The van der Waals surface area contributed by atoms with Gasteiger partial charge in [0.15, 0.2) is 11.5 Å². The zero-order valence-electron chi connectivity index (χ0n) is 17.1. The number of hydrogen-bond acceptors (Lipinski definition) is 6. The van der Waals surface area contributed by atoms with Crippen LogP contribution in [0, 0.1) is 6.92 Å². The van der Waals surface area contributed by atoms with Crippen molar-refractivity contribution < 1.29 is 18.8 Å². The minimum atomic E-state index is 0.0245. The molecule has 0 fully saturated rings. The molecule has 0 N–H and O–H groups in total. The van der Waals surface area contributed by atoms with E-state index >= 15 is 0 Å². The summed E-state index contributed by atoms with van der Waals surface area (Å²) in [5, 5.41) is 4.01. The van der Waals surface area contributed by atoms with E-state index in [1.807, 2.05) is 37.3 Å². The number of aromatic nitrogens is 2. The summed E-state index contributed by atoms with van der Waals surface area (Å²) in [4.78, 5) is 18.5. The third kappa shape index (κ3) is 5.13. The molecule has 0 atom stereocenters. The summed E-state index contributed by atoms with van der Waals surface area (Å²) in [6.45, 7) is 2.61. The van der Waals surface area contributed by atoms with Crippen molar-refractivity contribution >= 4 is 5.91 Å². The number of nitrogens with zero attached hydrogens (tertiary/aromatic N) is 3. The molecule has 1 aromatic heterocycles. The van der Waals surface area contributed by atoms with Crippen molar-refractivity contribution in [2.45, 2.75) is 26.3 Å². The van der Waals surface area contributed by atoms with Crippen molar-refractivity contribution in [1.82, 2.24) is 15.0 Å². The van der Waals surface area contributed by atoms with Gasteiger partial charge in [-0.05, 0) is 30.7 Å². The van der Waals surface area contributed by atoms with Gasteiger partial charge in [-0.2, -0.15) is 4.98 Å². The highest BCUT2D eigenvalue weighted by atomic mass is 16.5. The maximum Gasteiger partial charge on any atom is 0.227 e. The van der Waals surface area contributed by atoms with Gasteiger partial charge < -0.3 is 18.9 Å². The summed E-state index contributed by atoms with van der Waals surface area (Å²) in [5.74, 6) is 2.11. The van der Waals surface area contributed by atoms with Crippen LogP contribution in [0.25, 0.3) is 11.4 Å². The Hall–Kier alpha value is -3.35. The molecule has 7 heteroatoms. The van der Waals surface area contributed by atoms with Crippen LogP contribution in [0.5, 0.6) is 11.5 Å². The second-order valence-electron chi connectivity index (χ2n) is 6.82. The lowest BCUT2D eigenvalue weighted by Crippen LogP contribution is -2.26. The molecule has 0 unspecified atom stereocenters. The topological polar surface area (TPSA) is 77.7 Å². The minimum absolute atomic E-state index is 0.0245. The SMILES string of the molecule is COc1ccc(-c2noc(CCC(=O)N(C)Cc3ccc(C)cc3)n2)cc1OC. The number of methoxy groups -OCH3 is 2. The highest BCUT2D eigenvalue weighted by Gasteiger charge is 2.15. The molecule has 2 aromatic carbocycles. The highest BCUT2D eigenvalue weighted by Crippen LogP contribution is 2.31. The van der Waals surface area contributed by atoms with Gasteiger partial charge in [0.1, 0.15) is 0 Å². The Morgan fingerprint density at radius 3 is 2.48 bits per heavy atom. The zero-order valence-corrected chi connectivity index (χ0v) is 17.1. The number of benzene rings is 2. The smallest absolute Gasteiger partial charge is 0.227 e. The Balaban J connectivity index is 1.58. The molecule has 0 bridgehead atoms. The molecule has 0 aliphatic carbocycles. The van der Waals surface area contributed by atoms with Gasteiger partial charge in [-0.25, -0.2) is 0 Å².